The highest BCUT2D eigenvalue weighted by atomic mass is 35.5. The number of hydrogen-bond acceptors (Lipinski definition) is 2. The van der Waals surface area contributed by atoms with E-state index in [-0.39, 0.29) is 5.82 Å². The molecule has 0 bridgehead atoms. The predicted octanol–water partition coefficient (Wildman–Crippen LogP) is 4.08. The van der Waals surface area contributed by atoms with Crippen molar-refractivity contribution in [3.63, 3.8) is 0 Å². The Labute approximate surface area is 124 Å². The van der Waals surface area contributed by atoms with Crippen molar-refractivity contribution in [1.82, 2.24) is 4.90 Å². The molecule has 0 saturated carbocycles. The monoisotopic (exact) mass is 292 g/mol. The van der Waals surface area contributed by atoms with Crippen LogP contribution in [0, 0.1) is 5.82 Å². The molecule has 0 saturated heterocycles. The van der Waals surface area contributed by atoms with E-state index in [4.69, 9.17) is 17.3 Å². The van der Waals surface area contributed by atoms with Crippen LogP contribution in [0.3, 0.4) is 0 Å². The van der Waals surface area contributed by atoms with Gasteiger partial charge in [0.2, 0.25) is 0 Å². The normalized spacial score (nSPS) is 11.0. The topological polar surface area (TPSA) is 29.3 Å². The molecule has 2 nitrogen and oxygen atoms in total. The van der Waals surface area contributed by atoms with Crippen molar-refractivity contribution in [2.75, 3.05) is 12.3 Å². The van der Waals surface area contributed by atoms with E-state index in [1.807, 2.05) is 24.3 Å². The molecule has 0 aliphatic carbocycles. The third-order valence-corrected chi connectivity index (χ3v) is 3.60. The van der Waals surface area contributed by atoms with Gasteiger partial charge in [0.15, 0.2) is 0 Å². The summed E-state index contributed by atoms with van der Waals surface area (Å²) in [6.45, 7) is 4.34. The molecule has 20 heavy (non-hydrogen) atoms. The van der Waals surface area contributed by atoms with Crippen LogP contribution in [0.25, 0.3) is 0 Å². The second kappa shape index (κ2) is 6.73. The highest BCUT2D eigenvalue weighted by Gasteiger charge is 2.09. The first-order valence-electron chi connectivity index (χ1n) is 6.59. The number of rotatable bonds is 5. The molecule has 0 radical (unpaired) electrons. The molecule has 0 aliphatic rings. The molecule has 0 atom stereocenters. The third kappa shape index (κ3) is 3.95. The summed E-state index contributed by atoms with van der Waals surface area (Å²) in [6, 6.07) is 12.3. The van der Waals surface area contributed by atoms with Crippen molar-refractivity contribution in [2.45, 2.75) is 20.0 Å². The van der Waals surface area contributed by atoms with E-state index in [2.05, 4.69) is 11.8 Å². The molecule has 2 rings (SSSR count). The lowest BCUT2D eigenvalue weighted by Crippen LogP contribution is -2.22. The van der Waals surface area contributed by atoms with Crippen molar-refractivity contribution >= 4 is 17.3 Å². The summed E-state index contributed by atoms with van der Waals surface area (Å²) in [5.74, 6) is -0.257. The maximum absolute atomic E-state index is 13.3. The van der Waals surface area contributed by atoms with Gasteiger partial charge in [0, 0.05) is 23.8 Å². The summed E-state index contributed by atoms with van der Waals surface area (Å²) in [6.07, 6.45) is 0. The number of nitrogen functional groups attached to an aromatic ring is 1. The van der Waals surface area contributed by atoms with Crippen LogP contribution in [0.4, 0.5) is 10.1 Å². The number of hydrogen-bond donors (Lipinski definition) is 1. The maximum Gasteiger partial charge on any atom is 0.123 e. The predicted molar refractivity (Wildman–Crippen MR) is 82.1 cm³/mol. The third-order valence-electron chi connectivity index (χ3n) is 3.23. The van der Waals surface area contributed by atoms with Crippen LogP contribution in [0.5, 0.6) is 0 Å². The first kappa shape index (κ1) is 14.8. The zero-order valence-electron chi connectivity index (χ0n) is 11.4. The van der Waals surface area contributed by atoms with E-state index in [1.165, 1.54) is 17.7 Å². The number of nitrogens with two attached hydrogens (primary N) is 1. The Bertz CT molecular complexity index is 569. The van der Waals surface area contributed by atoms with Gasteiger partial charge in [0.05, 0.1) is 0 Å². The molecule has 2 N–H and O–H groups in total. The highest BCUT2D eigenvalue weighted by Crippen LogP contribution is 2.20. The number of nitrogens with zero attached hydrogens (tertiary/aromatic N) is 1. The first-order valence-corrected chi connectivity index (χ1v) is 6.97. The van der Waals surface area contributed by atoms with Crippen molar-refractivity contribution in [2.24, 2.45) is 0 Å². The zero-order chi connectivity index (χ0) is 14.5. The van der Waals surface area contributed by atoms with Gasteiger partial charge in [-0.15, -0.1) is 0 Å². The Kier molecular flexibility index (Phi) is 4.99. The van der Waals surface area contributed by atoms with E-state index in [0.717, 1.165) is 24.3 Å². The second-order valence-corrected chi connectivity index (χ2v) is 5.19. The SMILES string of the molecule is CCN(Cc1ccc(N)cc1)Cc1cc(F)ccc1Cl. The van der Waals surface area contributed by atoms with Crippen LogP contribution >= 0.6 is 11.6 Å². The van der Waals surface area contributed by atoms with Crippen LogP contribution in [0.15, 0.2) is 42.5 Å². The van der Waals surface area contributed by atoms with E-state index in [9.17, 15) is 4.39 Å². The Hall–Kier alpha value is -1.58. The largest absolute Gasteiger partial charge is 0.399 e. The molecule has 0 amide bonds. The minimum Gasteiger partial charge on any atom is -0.399 e. The summed E-state index contributed by atoms with van der Waals surface area (Å²) < 4.78 is 13.3. The Morgan fingerprint density at radius 1 is 1.10 bits per heavy atom. The molecule has 4 heteroatoms. The van der Waals surface area contributed by atoms with Gasteiger partial charge in [-0.3, -0.25) is 4.90 Å². The van der Waals surface area contributed by atoms with Crippen LogP contribution in [-0.2, 0) is 13.1 Å². The van der Waals surface area contributed by atoms with Gasteiger partial charge < -0.3 is 5.73 Å². The molecule has 0 fully saturated rings. The summed E-state index contributed by atoms with van der Waals surface area (Å²) >= 11 is 6.11. The minimum atomic E-state index is -0.257. The van der Waals surface area contributed by atoms with Crippen molar-refractivity contribution in [1.29, 1.82) is 0 Å². The summed E-state index contributed by atoms with van der Waals surface area (Å²) in [4.78, 5) is 2.20. The Balaban J connectivity index is 2.08. The molecule has 2 aromatic carbocycles. The van der Waals surface area contributed by atoms with E-state index < -0.39 is 0 Å². The Morgan fingerprint density at radius 2 is 1.80 bits per heavy atom. The molecule has 0 spiro atoms. The lowest BCUT2D eigenvalue weighted by Gasteiger charge is -2.21. The van der Waals surface area contributed by atoms with Gasteiger partial charge in [-0.2, -0.15) is 0 Å². The van der Waals surface area contributed by atoms with E-state index in [0.29, 0.717) is 11.6 Å². The Morgan fingerprint density at radius 3 is 2.45 bits per heavy atom. The fourth-order valence-corrected chi connectivity index (χ4v) is 2.24. The van der Waals surface area contributed by atoms with Crippen LogP contribution in [0.2, 0.25) is 5.02 Å². The highest BCUT2D eigenvalue weighted by molar-refractivity contribution is 6.31. The van der Waals surface area contributed by atoms with Crippen LogP contribution in [0.1, 0.15) is 18.1 Å². The lowest BCUT2D eigenvalue weighted by atomic mass is 10.1. The molecular formula is C16H18ClFN2. The summed E-state index contributed by atoms with van der Waals surface area (Å²) in [5, 5.41) is 0.599. The molecule has 0 aliphatic heterocycles. The van der Waals surface area contributed by atoms with Crippen molar-refractivity contribution in [3.05, 3.63) is 64.4 Å². The molecular weight excluding hydrogens is 275 g/mol. The molecule has 0 aromatic heterocycles. The molecule has 106 valence electrons. The summed E-state index contributed by atoms with van der Waals surface area (Å²) in [7, 11) is 0. The van der Waals surface area contributed by atoms with Gasteiger partial charge in [-0.1, -0.05) is 30.7 Å². The average Bonchev–Trinajstić information content (AvgIpc) is 2.44. The van der Waals surface area contributed by atoms with Gasteiger partial charge in [0.1, 0.15) is 5.82 Å². The van der Waals surface area contributed by atoms with Crippen molar-refractivity contribution in [3.8, 4) is 0 Å². The number of benzene rings is 2. The van der Waals surface area contributed by atoms with Gasteiger partial charge in [-0.05, 0) is 48.0 Å². The smallest absolute Gasteiger partial charge is 0.123 e. The van der Waals surface area contributed by atoms with Crippen LogP contribution < -0.4 is 5.73 Å². The lowest BCUT2D eigenvalue weighted by molar-refractivity contribution is 0.271. The fraction of sp³-hybridized carbons (Fsp3) is 0.250. The first-order chi connectivity index (χ1) is 9.58. The molecule has 0 unspecified atom stereocenters. The van der Waals surface area contributed by atoms with E-state index >= 15 is 0 Å². The van der Waals surface area contributed by atoms with Crippen molar-refractivity contribution < 1.29 is 4.39 Å². The molecule has 0 heterocycles. The van der Waals surface area contributed by atoms with Gasteiger partial charge in [-0.25, -0.2) is 4.39 Å². The average molecular weight is 293 g/mol. The number of halogens is 2. The fourth-order valence-electron chi connectivity index (χ4n) is 2.07. The maximum atomic E-state index is 13.3. The van der Waals surface area contributed by atoms with Gasteiger partial charge in [0.25, 0.3) is 0 Å². The quantitative estimate of drug-likeness (QED) is 0.841. The standard InChI is InChI=1S/C16H18ClFN2/c1-2-20(10-12-3-6-15(19)7-4-12)11-13-9-14(18)5-8-16(13)17/h3-9H,2,10-11,19H2,1H3. The van der Waals surface area contributed by atoms with Crippen LogP contribution in [-0.4, -0.2) is 11.4 Å². The van der Waals surface area contributed by atoms with E-state index in [1.54, 1.807) is 6.07 Å². The summed E-state index contributed by atoms with van der Waals surface area (Å²) in [5.41, 5.74) is 8.42. The number of anilines is 1. The second-order valence-electron chi connectivity index (χ2n) is 4.78. The molecule has 2 aromatic rings. The van der Waals surface area contributed by atoms with Gasteiger partial charge >= 0.3 is 0 Å². The zero-order valence-corrected chi connectivity index (χ0v) is 12.2. The minimum absolute atomic E-state index is 0.257.